The van der Waals surface area contributed by atoms with Crippen LogP contribution >= 0.6 is 0 Å². The second kappa shape index (κ2) is 6.45. The number of carbonyl (C=O) groups is 1. The number of aryl methyl sites for hydroxylation is 1. The van der Waals surface area contributed by atoms with Crippen molar-refractivity contribution in [1.82, 2.24) is 10.2 Å². The molecule has 0 aliphatic rings. The van der Waals surface area contributed by atoms with Gasteiger partial charge >= 0.3 is 0 Å². The number of nitrogens with zero attached hydrogens (tertiary/aromatic N) is 2. The quantitative estimate of drug-likeness (QED) is 0.804. The number of rotatable bonds is 2. The Bertz CT molecular complexity index is 671. The molecule has 2 rings (SSSR count). The van der Waals surface area contributed by atoms with Gasteiger partial charge in [0.15, 0.2) is 0 Å². The molecule has 0 aliphatic carbocycles. The van der Waals surface area contributed by atoms with Crippen molar-refractivity contribution in [2.45, 2.75) is 6.92 Å². The molecular formula is C15H14N4O. The van der Waals surface area contributed by atoms with Gasteiger partial charge in [-0.3, -0.25) is 4.79 Å². The number of anilines is 1. The Labute approximate surface area is 117 Å². The molecule has 5 nitrogen and oxygen atoms in total. The number of nitrogens with two attached hydrogens (primary N) is 1. The predicted molar refractivity (Wildman–Crippen MR) is 77.1 cm³/mol. The Kier molecular flexibility index (Phi) is 4.43. The van der Waals surface area contributed by atoms with E-state index in [2.05, 4.69) is 27.4 Å². The number of hydrogen-bond donors (Lipinski definition) is 2. The van der Waals surface area contributed by atoms with Gasteiger partial charge in [0, 0.05) is 11.3 Å². The minimum Gasteiger partial charge on any atom is -0.322 e. The molecule has 0 radical (unpaired) electrons. The maximum atomic E-state index is 12.0. The Morgan fingerprint density at radius 1 is 1.35 bits per heavy atom. The third-order valence-corrected chi connectivity index (χ3v) is 2.66. The molecule has 0 saturated carbocycles. The van der Waals surface area contributed by atoms with E-state index in [9.17, 15) is 4.79 Å². The summed E-state index contributed by atoms with van der Waals surface area (Å²) in [4.78, 5) is 12.0. The Balaban J connectivity index is 2.16. The molecule has 2 aromatic rings. The molecular weight excluding hydrogens is 252 g/mol. The smallest absolute Gasteiger partial charge is 0.257 e. The van der Waals surface area contributed by atoms with Gasteiger partial charge in [-0.05, 0) is 36.8 Å². The summed E-state index contributed by atoms with van der Waals surface area (Å²) in [6, 6.07) is 7.18. The average Bonchev–Trinajstić information content (AvgIpc) is 2.48. The van der Waals surface area contributed by atoms with Crippen LogP contribution in [0.25, 0.3) is 0 Å². The van der Waals surface area contributed by atoms with Crippen molar-refractivity contribution in [3.05, 3.63) is 53.3 Å². The molecule has 0 bridgehead atoms. The summed E-state index contributed by atoms with van der Waals surface area (Å²) < 4.78 is 0. The predicted octanol–water partition coefficient (Wildman–Crippen LogP) is 1.35. The van der Waals surface area contributed by atoms with Crippen LogP contribution in [0.3, 0.4) is 0 Å². The van der Waals surface area contributed by atoms with Gasteiger partial charge in [0.05, 0.1) is 24.5 Å². The lowest BCUT2D eigenvalue weighted by molar-refractivity contribution is 0.102. The number of nitrogens with one attached hydrogen (secondary N) is 1. The maximum Gasteiger partial charge on any atom is 0.257 e. The van der Waals surface area contributed by atoms with E-state index in [1.165, 1.54) is 12.4 Å². The van der Waals surface area contributed by atoms with Crippen LogP contribution in [0, 0.1) is 18.8 Å². The number of benzene rings is 1. The zero-order valence-electron chi connectivity index (χ0n) is 11.1. The normalized spacial score (nSPS) is 9.50. The zero-order chi connectivity index (χ0) is 14.4. The lowest BCUT2D eigenvalue weighted by Gasteiger charge is -2.08. The van der Waals surface area contributed by atoms with Gasteiger partial charge in [0.25, 0.3) is 5.91 Å². The summed E-state index contributed by atoms with van der Waals surface area (Å²) >= 11 is 0. The van der Waals surface area contributed by atoms with E-state index in [1.54, 1.807) is 6.07 Å². The minimum atomic E-state index is -0.219. The first-order valence-electron chi connectivity index (χ1n) is 6.08. The first-order valence-corrected chi connectivity index (χ1v) is 6.08. The van der Waals surface area contributed by atoms with E-state index in [0.29, 0.717) is 12.1 Å². The molecule has 5 heteroatoms. The van der Waals surface area contributed by atoms with Gasteiger partial charge in [-0.2, -0.15) is 10.2 Å². The van der Waals surface area contributed by atoms with E-state index in [-0.39, 0.29) is 5.91 Å². The highest BCUT2D eigenvalue weighted by Gasteiger charge is 2.07. The lowest BCUT2D eigenvalue weighted by atomic mass is 10.1. The van der Waals surface area contributed by atoms with Crippen LogP contribution in [-0.4, -0.2) is 22.6 Å². The highest BCUT2D eigenvalue weighted by molar-refractivity contribution is 6.04. The fourth-order valence-electron chi connectivity index (χ4n) is 1.65. The third kappa shape index (κ3) is 3.40. The summed E-state index contributed by atoms with van der Waals surface area (Å²) in [5.74, 6) is 5.53. The van der Waals surface area contributed by atoms with Crippen LogP contribution < -0.4 is 11.1 Å². The average molecular weight is 266 g/mol. The van der Waals surface area contributed by atoms with E-state index < -0.39 is 0 Å². The fraction of sp³-hybridized carbons (Fsp3) is 0.133. The van der Waals surface area contributed by atoms with Crippen molar-refractivity contribution >= 4 is 11.6 Å². The summed E-state index contributed by atoms with van der Waals surface area (Å²) in [6.45, 7) is 2.24. The lowest BCUT2D eigenvalue weighted by Crippen LogP contribution is -2.13. The van der Waals surface area contributed by atoms with Crippen molar-refractivity contribution in [2.75, 3.05) is 11.9 Å². The van der Waals surface area contributed by atoms with Crippen LogP contribution in [0.1, 0.15) is 21.5 Å². The van der Waals surface area contributed by atoms with E-state index in [0.717, 1.165) is 16.8 Å². The molecule has 0 unspecified atom stereocenters. The molecule has 1 amide bonds. The summed E-state index contributed by atoms with van der Waals surface area (Å²) in [7, 11) is 0. The van der Waals surface area contributed by atoms with Crippen molar-refractivity contribution in [2.24, 2.45) is 5.73 Å². The topological polar surface area (TPSA) is 80.9 Å². The first kappa shape index (κ1) is 13.7. The molecule has 0 spiro atoms. The standard InChI is InChI=1S/C15H14N4O/c1-11-9-12(3-2-7-16)4-5-14(11)19-15(20)13-6-8-17-18-10-13/h4-6,8-10H,7,16H2,1H3,(H,19,20). The zero-order valence-corrected chi connectivity index (χ0v) is 11.1. The van der Waals surface area contributed by atoms with E-state index >= 15 is 0 Å². The number of hydrogen-bond acceptors (Lipinski definition) is 4. The second-order valence-electron chi connectivity index (χ2n) is 4.12. The molecule has 0 saturated heterocycles. The first-order chi connectivity index (χ1) is 9.70. The molecule has 20 heavy (non-hydrogen) atoms. The Hall–Kier alpha value is -2.71. The Morgan fingerprint density at radius 2 is 2.20 bits per heavy atom. The van der Waals surface area contributed by atoms with Crippen LogP contribution in [0.5, 0.6) is 0 Å². The van der Waals surface area contributed by atoms with Gasteiger partial charge < -0.3 is 11.1 Å². The molecule has 3 N–H and O–H groups in total. The van der Waals surface area contributed by atoms with Crippen LogP contribution in [0.15, 0.2) is 36.7 Å². The van der Waals surface area contributed by atoms with Gasteiger partial charge in [-0.15, -0.1) is 0 Å². The highest BCUT2D eigenvalue weighted by Crippen LogP contribution is 2.17. The summed E-state index contributed by atoms with van der Waals surface area (Å²) in [6.07, 6.45) is 2.90. The summed E-state index contributed by atoms with van der Waals surface area (Å²) in [5, 5.41) is 10.1. The molecule has 100 valence electrons. The number of aromatic nitrogens is 2. The van der Waals surface area contributed by atoms with Gasteiger partial charge in [0.1, 0.15) is 0 Å². The van der Waals surface area contributed by atoms with Crippen LogP contribution in [0.4, 0.5) is 5.69 Å². The maximum absolute atomic E-state index is 12.0. The minimum absolute atomic E-state index is 0.219. The van der Waals surface area contributed by atoms with E-state index in [1.807, 2.05) is 25.1 Å². The monoisotopic (exact) mass is 266 g/mol. The van der Waals surface area contributed by atoms with Crippen molar-refractivity contribution in [1.29, 1.82) is 0 Å². The molecule has 0 aliphatic heterocycles. The van der Waals surface area contributed by atoms with Gasteiger partial charge in [-0.25, -0.2) is 0 Å². The molecule has 1 heterocycles. The highest BCUT2D eigenvalue weighted by atomic mass is 16.1. The SMILES string of the molecule is Cc1cc(C#CCN)ccc1NC(=O)c1ccnnc1. The van der Waals surface area contributed by atoms with Crippen LogP contribution in [0.2, 0.25) is 0 Å². The number of amides is 1. The van der Waals surface area contributed by atoms with Crippen LogP contribution in [-0.2, 0) is 0 Å². The molecule has 1 aromatic heterocycles. The van der Waals surface area contributed by atoms with Crippen molar-refractivity contribution in [3.63, 3.8) is 0 Å². The van der Waals surface area contributed by atoms with Gasteiger partial charge in [-0.1, -0.05) is 11.8 Å². The molecule has 1 aromatic carbocycles. The largest absolute Gasteiger partial charge is 0.322 e. The molecule has 0 fully saturated rings. The van der Waals surface area contributed by atoms with Crippen molar-refractivity contribution in [3.8, 4) is 11.8 Å². The fourth-order valence-corrected chi connectivity index (χ4v) is 1.65. The van der Waals surface area contributed by atoms with Gasteiger partial charge in [0.2, 0.25) is 0 Å². The number of carbonyl (C=O) groups excluding carboxylic acids is 1. The van der Waals surface area contributed by atoms with E-state index in [4.69, 9.17) is 5.73 Å². The van der Waals surface area contributed by atoms with Crippen molar-refractivity contribution < 1.29 is 4.79 Å². The second-order valence-corrected chi connectivity index (χ2v) is 4.12. The molecule has 0 atom stereocenters. The third-order valence-electron chi connectivity index (χ3n) is 2.66. The Morgan fingerprint density at radius 3 is 2.85 bits per heavy atom. The summed E-state index contributed by atoms with van der Waals surface area (Å²) in [5.41, 5.74) is 8.34.